The summed E-state index contributed by atoms with van der Waals surface area (Å²) in [6.07, 6.45) is 54.1. The van der Waals surface area contributed by atoms with Crippen LogP contribution in [-0.2, 0) is 65.4 Å². The molecule has 0 saturated carbocycles. The Bertz CT molecular complexity index is 1870. The van der Waals surface area contributed by atoms with Crippen molar-refractivity contribution in [1.29, 1.82) is 0 Å². The third kappa shape index (κ3) is 67.9. The first-order valence-electron chi connectivity index (χ1n) is 39.9. The van der Waals surface area contributed by atoms with Gasteiger partial charge in [-0.3, -0.25) is 37.3 Å². The van der Waals surface area contributed by atoms with Crippen LogP contribution in [0.5, 0.6) is 0 Å². The number of aliphatic hydroxyl groups excluding tert-OH is 1. The molecule has 0 heterocycles. The Morgan fingerprint density at radius 2 is 0.531 bits per heavy atom. The summed E-state index contributed by atoms with van der Waals surface area (Å²) in [7, 11) is -9.91. The van der Waals surface area contributed by atoms with E-state index in [2.05, 4.69) is 48.5 Å². The van der Waals surface area contributed by atoms with Crippen molar-refractivity contribution in [3.05, 3.63) is 0 Å². The highest BCUT2D eigenvalue weighted by Gasteiger charge is 2.30. The summed E-state index contributed by atoms with van der Waals surface area (Å²) in [4.78, 5) is 72.8. The van der Waals surface area contributed by atoms with Gasteiger partial charge in [-0.05, 0) is 43.4 Å². The fourth-order valence-electron chi connectivity index (χ4n) is 11.7. The largest absolute Gasteiger partial charge is 0.472 e. The van der Waals surface area contributed by atoms with Crippen LogP contribution in [0.25, 0.3) is 0 Å². The van der Waals surface area contributed by atoms with Gasteiger partial charge in [0.1, 0.15) is 19.3 Å². The predicted octanol–water partition coefficient (Wildman–Crippen LogP) is 22.6. The summed E-state index contributed by atoms with van der Waals surface area (Å²) in [5.41, 5.74) is 0. The molecule has 0 radical (unpaired) electrons. The first-order valence-corrected chi connectivity index (χ1v) is 42.9. The van der Waals surface area contributed by atoms with Gasteiger partial charge in [-0.15, -0.1) is 0 Å². The maximum absolute atomic E-state index is 13.1. The van der Waals surface area contributed by atoms with Gasteiger partial charge in [0.25, 0.3) is 0 Å². The molecule has 0 fully saturated rings. The topological polar surface area (TPSA) is 237 Å². The molecule has 96 heavy (non-hydrogen) atoms. The van der Waals surface area contributed by atoms with Gasteiger partial charge in [0, 0.05) is 25.7 Å². The zero-order valence-corrected chi connectivity index (χ0v) is 64.6. The predicted molar refractivity (Wildman–Crippen MR) is 391 cm³/mol. The number of rotatable bonds is 75. The van der Waals surface area contributed by atoms with Crippen molar-refractivity contribution in [3.63, 3.8) is 0 Å². The monoisotopic (exact) mass is 1410 g/mol. The average Bonchev–Trinajstić information content (AvgIpc) is 3.15. The molecule has 0 aromatic rings. The molecule has 0 aliphatic carbocycles. The van der Waals surface area contributed by atoms with Gasteiger partial charge in [-0.25, -0.2) is 9.13 Å². The SMILES string of the molecule is CCCCCCCCCCCCCCCC(=O)OC[C@H](COP(=O)(O)OC[C@@H](O)COP(=O)(O)OC[C@@H](COC(=O)CCCCCCCCC(C)CC)OC(=O)CCCCCCCCCCC(C)CC)OC(=O)CCCCCCCCCCCCCCCCCCCCC(C)C. The molecule has 0 bridgehead atoms. The van der Waals surface area contributed by atoms with Crippen molar-refractivity contribution >= 4 is 39.5 Å². The third-order valence-electron chi connectivity index (χ3n) is 18.6. The van der Waals surface area contributed by atoms with Crippen LogP contribution in [0, 0.1) is 17.8 Å². The Kier molecular flexibility index (Phi) is 66.2. The Morgan fingerprint density at radius 1 is 0.302 bits per heavy atom. The average molecular weight is 1410 g/mol. The van der Waals surface area contributed by atoms with Crippen molar-refractivity contribution in [2.75, 3.05) is 39.6 Å². The number of unbranched alkanes of at least 4 members (excludes halogenated alkanes) is 41. The number of phosphoric acid groups is 2. The summed E-state index contributed by atoms with van der Waals surface area (Å²) in [5.74, 6) is 0.202. The molecule has 0 amide bonds. The van der Waals surface area contributed by atoms with Crippen LogP contribution in [0.3, 0.4) is 0 Å². The minimum atomic E-state index is -4.96. The van der Waals surface area contributed by atoms with E-state index in [1.54, 1.807) is 0 Å². The smallest absolute Gasteiger partial charge is 0.462 e. The molecule has 4 unspecified atom stereocenters. The van der Waals surface area contributed by atoms with E-state index in [0.29, 0.717) is 25.7 Å². The molecule has 0 rings (SSSR count). The minimum Gasteiger partial charge on any atom is -0.462 e. The lowest BCUT2D eigenvalue weighted by molar-refractivity contribution is -0.161. The van der Waals surface area contributed by atoms with Gasteiger partial charge in [-0.1, -0.05) is 344 Å². The van der Waals surface area contributed by atoms with Crippen molar-refractivity contribution in [2.45, 2.75) is 414 Å². The summed E-state index contributed by atoms with van der Waals surface area (Å²) in [6.45, 7) is 11.9. The molecule has 0 spiro atoms. The van der Waals surface area contributed by atoms with E-state index in [1.165, 1.54) is 199 Å². The van der Waals surface area contributed by atoms with Crippen LogP contribution in [0.15, 0.2) is 0 Å². The first kappa shape index (κ1) is 94.1. The number of hydrogen-bond donors (Lipinski definition) is 3. The highest BCUT2D eigenvalue weighted by atomic mass is 31.2. The van der Waals surface area contributed by atoms with E-state index in [9.17, 15) is 43.2 Å². The number of phosphoric ester groups is 2. The normalized spacial score (nSPS) is 14.6. The molecule has 19 heteroatoms. The van der Waals surface area contributed by atoms with Gasteiger partial charge in [-0.2, -0.15) is 0 Å². The molecule has 0 aromatic heterocycles. The van der Waals surface area contributed by atoms with Crippen LogP contribution < -0.4 is 0 Å². The van der Waals surface area contributed by atoms with E-state index in [0.717, 1.165) is 114 Å². The van der Waals surface area contributed by atoms with E-state index < -0.39 is 97.5 Å². The van der Waals surface area contributed by atoms with Gasteiger partial charge >= 0.3 is 39.5 Å². The van der Waals surface area contributed by atoms with Crippen LogP contribution >= 0.6 is 15.6 Å². The van der Waals surface area contributed by atoms with Gasteiger partial charge < -0.3 is 33.8 Å². The Balaban J connectivity index is 5.21. The Hall–Kier alpha value is -1.94. The zero-order chi connectivity index (χ0) is 70.9. The minimum absolute atomic E-state index is 0.104. The fraction of sp³-hybridized carbons (Fsp3) is 0.948. The van der Waals surface area contributed by atoms with Crippen molar-refractivity contribution < 1.29 is 80.2 Å². The van der Waals surface area contributed by atoms with Crippen molar-refractivity contribution in [1.82, 2.24) is 0 Å². The van der Waals surface area contributed by atoms with Gasteiger partial charge in [0.2, 0.25) is 0 Å². The number of esters is 4. The number of carbonyl (C=O) groups excluding carboxylic acids is 4. The second kappa shape index (κ2) is 67.5. The summed E-state index contributed by atoms with van der Waals surface area (Å²) in [6, 6.07) is 0. The Labute approximate surface area is 588 Å². The maximum atomic E-state index is 13.1. The molecule has 0 aromatic carbocycles. The second-order valence-corrected chi connectivity index (χ2v) is 31.6. The van der Waals surface area contributed by atoms with Crippen molar-refractivity contribution in [3.8, 4) is 0 Å². The third-order valence-corrected chi connectivity index (χ3v) is 20.5. The summed E-state index contributed by atoms with van der Waals surface area (Å²) in [5, 5.41) is 10.6. The Morgan fingerprint density at radius 3 is 0.792 bits per heavy atom. The molecule has 17 nitrogen and oxygen atoms in total. The molecule has 570 valence electrons. The lowest BCUT2D eigenvalue weighted by Crippen LogP contribution is -2.30. The second-order valence-electron chi connectivity index (χ2n) is 28.7. The number of hydrogen-bond acceptors (Lipinski definition) is 15. The molecule has 0 aliphatic rings. The number of ether oxygens (including phenoxy) is 4. The van der Waals surface area contributed by atoms with E-state index in [1.807, 2.05) is 0 Å². The summed E-state index contributed by atoms with van der Waals surface area (Å²) < 4.78 is 68.5. The van der Waals surface area contributed by atoms with Crippen molar-refractivity contribution in [2.24, 2.45) is 17.8 Å². The molecular formula is C77H150O17P2. The maximum Gasteiger partial charge on any atom is 0.472 e. The van der Waals surface area contributed by atoms with Crippen LogP contribution in [0.4, 0.5) is 0 Å². The van der Waals surface area contributed by atoms with Crippen LogP contribution in [-0.4, -0.2) is 96.7 Å². The molecule has 7 atom stereocenters. The van der Waals surface area contributed by atoms with E-state index >= 15 is 0 Å². The lowest BCUT2D eigenvalue weighted by atomic mass is 9.99. The standard InChI is InChI=1S/C77H150O17P2/c1-8-11-12-13-14-15-16-23-27-30-36-44-51-58-74(79)87-64-72(93-76(81)60-53-46-37-31-28-25-22-20-18-17-19-21-24-26-29-34-41-48-55-68(4)5)66-91-95(83,84)89-62-71(78)63-90-96(85,86)92-67-73(65-88-75(80)59-52-45-40-39-43-50-57-70(7)10-3)94-77(82)61-54-47-38-33-32-35-42-49-56-69(6)9-2/h68-73,78H,8-67H2,1-7H3,(H,83,84)(H,85,86)/t69?,70?,71-,72-,73-/m1/s1. The lowest BCUT2D eigenvalue weighted by Gasteiger charge is -2.21. The fourth-order valence-corrected chi connectivity index (χ4v) is 13.3. The first-order chi connectivity index (χ1) is 46.3. The number of aliphatic hydroxyl groups is 1. The number of carbonyl (C=O) groups is 4. The molecular weight excluding hydrogens is 1260 g/mol. The van der Waals surface area contributed by atoms with E-state index in [-0.39, 0.29) is 25.7 Å². The highest BCUT2D eigenvalue weighted by Crippen LogP contribution is 2.45. The zero-order valence-electron chi connectivity index (χ0n) is 62.8. The molecule has 3 N–H and O–H groups in total. The van der Waals surface area contributed by atoms with Crippen LogP contribution in [0.1, 0.15) is 395 Å². The van der Waals surface area contributed by atoms with Gasteiger partial charge in [0.05, 0.1) is 26.4 Å². The quantitative estimate of drug-likeness (QED) is 0.0222. The summed E-state index contributed by atoms with van der Waals surface area (Å²) >= 11 is 0. The molecule has 0 aliphatic heterocycles. The molecule has 0 saturated heterocycles. The van der Waals surface area contributed by atoms with Crippen LogP contribution in [0.2, 0.25) is 0 Å². The highest BCUT2D eigenvalue weighted by molar-refractivity contribution is 7.47. The van der Waals surface area contributed by atoms with Gasteiger partial charge in [0.15, 0.2) is 12.2 Å². The van der Waals surface area contributed by atoms with E-state index in [4.69, 9.17) is 37.0 Å².